The van der Waals surface area contributed by atoms with Gasteiger partial charge in [0.15, 0.2) is 5.75 Å². The lowest BCUT2D eigenvalue weighted by Gasteiger charge is -2.13. The van der Waals surface area contributed by atoms with E-state index in [0.29, 0.717) is 5.75 Å². The Kier molecular flexibility index (Phi) is 5.21. The van der Waals surface area contributed by atoms with Crippen LogP contribution in [0, 0.1) is 13.8 Å². The molecule has 0 saturated carbocycles. The minimum atomic E-state index is -1.44. The number of nitrogens with one attached hydrogen (secondary N) is 2. The molecule has 0 spiro atoms. The highest BCUT2D eigenvalue weighted by atomic mass is 16.5. The van der Waals surface area contributed by atoms with Crippen LogP contribution in [0.5, 0.6) is 11.5 Å². The maximum atomic E-state index is 12.6. The molecule has 0 saturated heterocycles. The van der Waals surface area contributed by atoms with Crippen molar-refractivity contribution in [3.05, 3.63) is 47.0 Å². The van der Waals surface area contributed by atoms with Gasteiger partial charge in [-0.15, -0.1) is 0 Å². The van der Waals surface area contributed by atoms with E-state index < -0.39 is 23.8 Å². The van der Waals surface area contributed by atoms with E-state index in [9.17, 15) is 14.4 Å². The van der Waals surface area contributed by atoms with Gasteiger partial charge in [0.05, 0.1) is 23.5 Å². The van der Waals surface area contributed by atoms with Crippen LogP contribution < -0.4 is 21.1 Å². The smallest absolute Gasteiger partial charge is 0.338 e. The molecule has 0 radical (unpaired) electrons. The van der Waals surface area contributed by atoms with Gasteiger partial charge in [0.25, 0.3) is 11.8 Å². The van der Waals surface area contributed by atoms with Crippen molar-refractivity contribution in [3.63, 3.8) is 0 Å². The van der Waals surface area contributed by atoms with E-state index in [1.54, 1.807) is 6.92 Å². The molecule has 3 rings (SSSR count). The lowest BCUT2D eigenvalue weighted by molar-refractivity contribution is -0.147. The van der Waals surface area contributed by atoms with Crippen LogP contribution in [0.25, 0.3) is 0 Å². The number of benzene rings is 2. The van der Waals surface area contributed by atoms with Crippen molar-refractivity contribution in [1.82, 2.24) is 5.32 Å². The number of nitrogen functional groups attached to an aromatic ring is 1. The summed E-state index contributed by atoms with van der Waals surface area (Å²) in [7, 11) is 0. The van der Waals surface area contributed by atoms with Crippen molar-refractivity contribution in [1.29, 1.82) is 0 Å². The zero-order valence-electron chi connectivity index (χ0n) is 15.8. The van der Waals surface area contributed by atoms with Crippen LogP contribution in [0.2, 0.25) is 0 Å². The predicted octanol–water partition coefficient (Wildman–Crippen LogP) is 2.29. The fourth-order valence-corrected chi connectivity index (χ4v) is 2.97. The standard InChI is InChI=1S/C20H21N3O5/c1-4-27-20(26)17-19(25)22-15-9-14(21)16(8-13(15)18(24)23-17)28-12-6-10(2)5-11(3)7-12/h5-9,17H,4,21H2,1-3H3,(H,22,25)(H,23,24). The number of hydrogen-bond acceptors (Lipinski definition) is 6. The van der Waals surface area contributed by atoms with Crippen molar-refractivity contribution in [2.75, 3.05) is 17.7 Å². The minimum Gasteiger partial charge on any atom is -0.464 e. The van der Waals surface area contributed by atoms with E-state index >= 15 is 0 Å². The second kappa shape index (κ2) is 7.59. The molecule has 2 aromatic rings. The summed E-state index contributed by atoms with van der Waals surface area (Å²) < 4.78 is 10.7. The number of ether oxygens (including phenoxy) is 2. The summed E-state index contributed by atoms with van der Waals surface area (Å²) in [5.41, 5.74) is 8.65. The van der Waals surface area contributed by atoms with Crippen molar-refractivity contribution < 1.29 is 23.9 Å². The number of rotatable bonds is 4. The summed E-state index contributed by atoms with van der Waals surface area (Å²) in [6.07, 6.45) is 0. The van der Waals surface area contributed by atoms with Crippen molar-refractivity contribution in [2.24, 2.45) is 0 Å². The third-order valence-electron chi connectivity index (χ3n) is 4.14. The lowest BCUT2D eigenvalue weighted by atomic mass is 10.1. The van der Waals surface area contributed by atoms with E-state index in [1.165, 1.54) is 12.1 Å². The van der Waals surface area contributed by atoms with Crippen molar-refractivity contribution in [3.8, 4) is 11.5 Å². The summed E-state index contributed by atoms with van der Waals surface area (Å²) in [5, 5.41) is 4.91. The number of aryl methyl sites for hydroxylation is 2. The number of nitrogens with two attached hydrogens (primary N) is 1. The molecule has 1 atom stereocenters. The Bertz CT molecular complexity index is 950. The van der Waals surface area contributed by atoms with E-state index in [1.807, 2.05) is 32.0 Å². The monoisotopic (exact) mass is 383 g/mol. The maximum absolute atomic E-state index is 12.6. The van der Waals surface area contributed by atoms with Gasteiger partial charge in [-0.3, -0.25) is 9.59 Å². The van der Waals surface area contributed by atoms with Crippen LogP contribution >= 0.6 is 0 Å². The first kappa shape index (κ1) is 19.2. The average molecular weight is 383 g/mol. The topological polar surface area (TPSA) is 120 Å². The zero-order chi connectivity index (χ0) is 20.4. The van der Waals surface area contributed by atoms with Crippen LogP contribution in [0.15, 0.2) is 30.3 Å². The molecule has 8 heteroatoms. The van der Waals surface area contributed by atoms with E-state index in [-0.39, 0.29) is 29.3 Å². The SMILES string of the molecule is CCOC(=O)C1NC(=O)c2cc(Oc3cc(C)cc(C)c3)c(N)cc2NC1=O. The number of fused-ring (bicyclic) bond motifs is 1. The number of amides is 2. The molecule has 1 unspecified atom stereocenters. The summed E-state index contributed by atoms with van der Waals surface area (Å²) >= 11 is 0. The van der Waals surface area contributed by atoms with Crippen LogP contribution in [-0.2, 0) is 14.3 Å². The molecule has 28 heavy (non-hydrogen) atoms. The van der Waals surface area contributed by atoms with Gasteiger partial charge in [-0.25, -0.2) is 4.79 Å². The van der Waals surface area contributed by atoms with Gasteiger partial charge in [0.2, 0.25) is 6.04 Å². The van der Waals surface area contributed by atoms with E-state index in [0.717, 1.165) is 11.1 Å². The maximum Gasteiger partial charge on any atom is 0.338 e. The summed E-state index contributed by atoms with van der Waals surface area (Å²) in [4.78, 5) is 36.8. The molecule has 1 heterocycles. The number of carbonyl (C=O) groups excluding carboxylic acids is 3. The molecule has 2 amide bonds. The molecule has 4 N–H and O–H groups in total. The van der Waals surface area contributed by atoms with Crippen LogP contribution in [0.3, 0.4) is 0 Å². The highest BCUT2D eigenvalue weighted by Gasteiger charge is 2.34. The normalized spacial score (nSPS) is 15.8. The number of hydrogen-bond donors (Lipinski definition) is 3. The van der Waals surface area contributed by atoms with Crippen LogP contribution in [0.1, 0.15) is 28.4 Å². The number of anilines is 2. The largest absolute Gasteiger partial charge is 0.464 e. The Morgan fingerprint density at radius 3 is 2.43 bits per heavy atom. The molecule has 1 aliphatic rings. The average Bonchev–Trinajstić information content (AvgIpc) is 2.71. The van der Waals surface area contributed by atoms with Gasteiger partial charge in [0, 0.05) is 0 Å². The number of carbonyl (C=O) groups is 3. The Labute approximate surface area is 162 Å². The summed E-state index contributed by atoms with van der Waals surface area (Å²) in [6.45, 7) is 5.59. The third kappa shape index (κ3) is 3.90. The summed E-state index contributed by atoms with van der Waals surface area (Å²) in [6, 6.07) is 7.12. The second-order valence-electron chi connectivity index (χ2n) is 6.51. The molecule has 0 aromatic heterocycles. The Morgan fingerprint density at radius 2 is 1.79 bits per heavy atom. The molecule has 0 aliphatic carbocycles. The van der Waals surface area contributed by atoms with Crippen LogP contribution in [0.4, 0.5) is 11.4 Å². The zero-order valence-corrected chi connectivity index (χ0v) is 15.8. The fourth-order valence-electron chi connectivity index (χ4n) is 2.97. The third-order valence-corrected chi connectivity index (χ3v) is 4.14. The fraction of sp³-hybridized carbons (Fsp3) is 0.250. The first-order chi connectivity index (χ1) is 13.3. The molecular formula is C20H21N3O5. The highest BCUT2D eigenvalue weighted by Crippen LogP contribution is 2.34. The van der Waals surface area contributed by atoms with Crippen LogP contribution in [-0.4, -0.2) is 30.4 Å². The number of esters is 1. The van der Waals surface area contributed by atoms with Gasteiger partial charge in [0.1, 0.15) is 5.75 Å². The van der Waals surface area contributed by atoms with Gasteiger partial charge < -0.3 is 25.8 Å². The molecule has 146 valence electrons. The first-order valence-corrected chi connectivity index (χ1v) is 8.76. The first-order valence-electron chi connectivity index (χ1n) is 8.76. The van der Waals surface area contributed by atoms with Gasteiger partial charge in [-0.05, 0) is 56.2 Å². The Balaban J connectivity index is 1.94. The minimum absolute atomic E-state index is 0.0896. The van der Waals surface area contributed by atoms with Crippen molar-refractivity contribution >= 4 is 29.2 Å². The quantitative estimate of drug-likeness (QED) is 0.423. The van der Waals surface area contributed by atoms with E-state index in [2.05, 4.69) is 10.6 Å². The molecule has 0 fully saturated rings. The molecule has 1 aliphatic heterocycles. The second-order valence-corrected chi connectivity index (χ2v) is 6.51. The van der Waals surface area contributed by atoms with Gasteiger partial charge in [-0.1, -0.05) is 6.07 Å². The van der Waals surface area contributed by atoms with E-state index in [4.69, 9.17) is 15.2 Å². The lowest BCUT2D eigenvalue weighted by Crippen LogP contribution is -2.47. The molecule has 2 aromatic carbocycles. The molecule has 0 bridgehead atoms. The highest BCUT2D eigenvalue weighted by molar-refractivity contribution is 6.17. The summed E-state index contributed by atoms with van der Waals surface area (Å²) in [5.74, 6) is -1.31. The van der Waals surface area contributed by atoms with Gasteiger partial charge in [-0.2, -0.15) is 0 Å². The predicted molar refractivity (Wildman–Crippen MR) is 103 cm³/mol. The molecule has 8 nitrogen and oxygen atoms in total. The Morgan fingerprint density at radius 1 is 1.11 bits per heavy atom. The molecular weight excluding hydrogens is 362 g/mol. The van der Waals surface area contributed by atoms with Crippen molar-refractivity contribution in [2.45, 2.75) is 26.8 Å². The Hall–Kier alpha value is -3.55. The van der Waals surface area contributed by atoms with Gasteiger partial charge >= 0.3 is 5.97 Å².